The zero-order valence-electron chi connectivity index (χ0n) is 12.5. The van der Waals surface area contributed by atoms with E-state index in [4.69, 9.17) is 9.47 Å². The van der Waals surface area contributed by atoms with E-state index in [-0.39, 0.29) is 25.1 Å². The van der Waals surface area contributed by atoms with Crippen LogP contribution in [0.25, 0.3) is 0 Å². The van der Waals surface area contributed by atoms with Gasteiger partial charge >= 0.3 is 11.9 Å². The molecule has 0 N–H and O–H groups in total. The second-order valence-corrected chi connectivity index (χ2v) is 6.23. The first-order valence-electron chi connectivity index (χ1n) is 7.19. The van der Waals surface area contributed by atoms with Gasteiger partial charge in [-0.05, 0) is 37.5 Å². The average molecular weight is 270 g/mol. The van der Waals surface area contributed by atoms with Gasteiger partial charge in [-0.2, -0.15) is 0 Å². The second kappa shape index (κ2) is 6.92. The van der Waals surface area contributed by atoms with E-state index in [1.807, 2.05) is 6.92 Å². The van der Waals surface area contributed by atoms with E-state index in [9.17, 15) is 9.59 Å². The summed E-state index contributed by atoms with van der Waals surface area (Å²) >= 11 is 0. The third-order valence-corrected chi connectivity index (χ3v) is 3.86. The fourth-order valence-corrected chi connectivity index (χ4v) is 2.74. The molecule has 0 heterocycles. The normalized spacial score (nSPS) is 23.5. The number of hydrogen-bond donors (Lipinski definition) is 0. The Balaban J connectivity index is 2.35. The standard InChI is InChI=1S/C15H26O4/c1-5-13(16)18-10-14(17)19-11(2)12-7-6-8-15(3,4)9-12/h11-12H,5-10H2,1-4H3/t11-,12?/m1/s1. The predicted octanol–water partition coefficient (Wildman–Crippen LogP) is 3.09. The van der Waals surface area contributed by atoms with E-state index >= 15 is 0 Å². The summed E-state index contributed by atoms with van der Waals surface area (Å²) in [5, 5.41) is 0. The van der Waals surface area contributed by atoms with Crippen LogP contribution in [0.1, 0.15) is 59.8 Å². The fraction of sp³-hybridized carbons (Fsp3) is 0.867. The molecule has 19 heavy (non-hydrogen) atoms. The molecule has 1 aliphatic carbocycles. The van der Waals surface area contributed by atoms with Gasteiger partial charge in [0.25, 0.3) is 0 Å². The largest absolute Gasteiger partial charge is 0.460 e. The minimum Gasteiger partial charge on any atom is -0.460 e. The van der Waals surface area contributed by atoms with Gasteiger partial charge in [0.05, 0.1) is 0 Å². The minimum atomic E-state index is -0.447. The van der Waals surface area contributed by atoms with Crippen LogP contribution in [0, 0.1) is 11.3 Å². The number of carbonyl (C=O) groups is 2. The van der Waals surface area contributed by atoms with Gasteiger partial charge in [0.15, 0.2) is 6.61 Å². The van der Waals surface area contributed by atoms with Crippen LogP contribution in [0.4, 0.5) is 0 Å². The smallest absolute Gasteiger partial charge is 0.344 e. The number of rotatable bonds is 5. The Morgan fingerprint density at radius 1 is 1.32 bits per heavy atom. The van der Waals surface area contributed by atoms with Gasteiger partial charge in [-0.25, -0.2) is 4.79 Å². The second-order valence-electron chi connectivity index (χ2n) is 6.23. The molecule has 0 aliphatic heterocycles. The number of carbonyl (C=O) groups excluding carboxylic acids is 2. The van der Waals surface area contributed by atoms with Crippen molar-refractivity contribution in [1.29, 1.82) is 0 Å². The summed E-state index contributed by atoms with van der Waals surface area (Å²) in [6, 6.07) is 0. The molecule has 1 aliphatic rings. The van der Waals surface area contributed by atoms with Crippen molar-refractivity contribution < 1.29 is 19.1 Å². The first-order chi connectivity index (χ1) is 8.84. The number of ether oxygens (including phenoxy) is 2. The summed E-state index contributed by atoms with van der Waals surface area (Å²) in [5.74, 6) is -0.407. The van der Waals surface area contributed by atoms with Crippen LogP contribution in [0.15, 0.2) is 0 Å². The number of esters is 2. The van der Waals surface area contributed by atoms with Crippen molar-refractivity contribution in [3.05, 3.63) is 0 Å². The van der Waals surface area contributed by atoms with Crippen molar-refractivity contribution in [3.8, 4) is 0 Å². The zero-order chi connectivity index (χ0) is 14.5. The Morgan fingerprint density at radius 2 is 2.00 bits per heavy atom. The Labute approximate surface area is 115 Å². The summed E-state index contributed by atoms with van der Waals surface area (Å²) < 4.78 is 10.1. The van der Waals surface area contributed by atoms with E-state index in [0.717, 1.165) is 12.8 Å². The predicted molar refractivity (Wildman–Crippen MR) is 72.5 cm³/mol. The highest BCUT2D eigenvalue weighted by Crippen LogP contribution is 2.40. The minimum absolute atomic E-state index is 0.104. The highest BCUT2D eigenvalue weighted by molar-refractivity contribution is 5.76. The van der Waals surface area contributed by atoms with Crippen LogP contribution < -0.4 is 0 Å². The van der Waals surface area contributed by atoms with Crippen LogP contribution in [-0.2, 0) is 19.1 Å². The summed E-state index contributed by atoms with van der Waals surface area (Å²) in [5.41, 5.74) is 0.332. The van der Waals surface area contributed by atoms with Crippen LogP contribution >= 0.6 is 0 Å². The molecular formula is C15H26O4. The molecule has 0 amide bonds. The molecule has 110 valence electrons. The molecule has 2 atom stereocenters. The molecule has 4 heteroatoms. The maximum Gasteiger partial charge on any atom is 0.344 e. The van der Waals surface area contributed by atoms with Crippen LogP contribution in [0.5, 0.6) is 0 Å². The molecule has 0 spiro atoms. The molecule has 0 radical (unpaired) electrons. The summed E-state index contributed by atoms with van der Waals surface area (Å²) in [4.78, 5) is 22.5. The van der Waals surface area contributed by atoms with Crippen LogP contribution in [-0.4, -0.2) is 24.6 Å². The van der Waals surface area contributed by atoms with Crippen molar-refractivity contribution in [3.63, 3.8) is 0 Å². The van der Waals surface area contributed by atoms with Crippen molar-refractivity contribution in [2.75, 3.05) is 6.61 Å². The molecule has 0 aromatic carbocycles. The lowest BCUT2D eigenvalue weighted by Gasteiger charge is -2.37. The first-order valence-corrected chi connectivity index (χ1v) is 7.19. The SMILES string of the molecule is CCC(=O)OCC(=O)O[C@H](C)C1CCCC(C)(C)C1. The van der Waals surface area contributed by atoms with Crippen molar-refractivity contribution in [2.45, 2.75) is 65.9 Å². The van der Waals surface area contributed by atoms with Gasteiger partial charge in [0, 0.05) is 6.42 Å². The molecule has 1 rings (SSSR count). The summed E-state index contributed by atoms with van der Waals surface area (Å²) in [7, 11) is 0. The van der Waals surface area contributed by atoms with Crippen LogP contribution in [0.2, 0.25) is 0 Å². The first kappa shape index (κ1) is 16.0. The summed E-state index contributed by atoms with van der Waals surface area (Å²) in [6.07, 6.45) is 4.78. The molecule has 1 unspecified atom stereocenters. The Hall–Kier alpha value is -1.06. The molecule has 0 bridgehead atoms. The van der Waals surface area contributed by atoms with Gasteiger partial charge in [-0.1, -0.05) is 27.2 Å². The molecule has 1 saturated carbocycles. The fourth-order valence-electron chi connectivity index (χ4n) is 2.74. The average Bonchev–Trinajstić information content (AvgIpc) is 2.34. The van der Waals surface area contributed by atoms with Crippen molar-refractivity contribution >= 4 is 11.9 Å². The lowest BCUT2D eigenvalue weighted by molar-refractivity contribution is -0.164. The maximum absolute atomic E-state index is 11.6. The van der Waals surface area contributed by atoms with E-state index in [0.29, 0.717) is 11.3 Å². The van der Waals surface area contributed by atoms with E-state index in [1.165, 1.54) is 12.8 Å². The molecule has 0 aromatic rings. The van der Waals surface area contributed by atoms with Gasteiger partial charge in [-0.15, -0.1) is 0 Å². The molecule has 1 fully saturated rings. The van der Waals surface area contributed by atoms with Crippen molar-refractivity contribution in [2.24, 2.45) is 11.3 Å². The molecule has 0 aromatic heterocycles. The van der Waals surface area contributed by atoms with E-state index < -0.39 is 5.97 Å². The number of hydrogen-bond acceptors (Lipinski definition) is 4. The zero-order valence-corrected chi connectivity index (χ0v) is 12.5. The van der Waals surface area contributed by atoms with Crippen LogP contribution in [0.3, 0.4) is 0 Å². The summed E-state index contributed by atoms with van der Waals surface area (Å²) in [6.45, 7) is 7.88. The monoisotopic (exact) mass is 270 g/mol. The van der Waals surface area contributed by atoms with Gasteiger partial charge in [0.1, 0.15) is 6.10 Å². The Bertz CT molecular complexity index is 322. The quantitative estimate of drug-likeness (QED) is 0.720. The third-order valence-electron chi connectivity index (χ3n) is 3.86. The molecule has 4 nitrogen and oxygen atoms in total. The highest BCUT2D eigenvalue weighted by Gasteiger charge is 2.32. The van der Waals surface area contributed by atoms with E-state index in [1.54, 1.807) is 6.92 Å². The topological polar surface area (TPSA) is 52.6 Å². The Kier molecular flexibility index (Phi) is 5.83. The lowest BCUT2D eigenvalue weighted by Crippen LogP contribution is -2.33. The highest BCUT2D eigenvalue weighted by atomic mass is 16.6. The van der Waals surface area contributed by atoms with Gasteiger partial charge in [0.2, 0.25) is 0 Å². The molecular weight excluding hydrogens is 244 g/mol. The third kappa shape index (κ3) is 5.62. The Morgan fingerprint density at radius 3 is 2.58 bits per heavy atom. The van der Waals surface area contributed by atoms with E-state index in [2.05, 4.69) is 13.8 Å². The van der Waals surface area contributed by atoms with Gasteiger partial charge in [-0.3, -0.25) is 4.79 Å². The van der Waals surface area contributed by atoms with Crippen molar-refractivity contribution in [1.82, 2.24) is 0 Å². The van der Waals surface area contributed by atoms with Gasteiger partial charge < -0.3 is 9.47 Å². The molecule has 0 saturated heterocycles. The lowest BCUT2D eigenvalue weighted by atomic mass is 9.71. The maximum atomic E-state index is 11.6.